The van der Waals surface area contributed by atoms with Crippen LogP contribution in [0.5, 0.6) is 5.75 Å². The van der Waals surface area contributed by atoms with Gasteiger partial charge in [0.25, 0.3) is 0 Å². The molecular formula is C14H22O3. The summed E-state index contributed by atoms with van der Waals surface area (Å²) >= 11 is 0. The molecule has 1 rings (SSSR count). The molecule has 2 unspecified atom stereocenters. The summed E-state index contributed by atoms with van der Waals surface area (Å²) in [5, 5.41) is 10.0. The number of hydrogen-bond acceptors (Lipinski definition) is 3. The van der Waals surface area contributed by atoms with E-state index in [1.54, 1.807) is 7.11 Å². The predicted octanol–water partition coefficient (Wildman–Crippen LogP) is 2.33. The standard InChI is InChI=1S/C14H22O3/c1-5-17-11(3)13(15)9-12-8-10(2)6-7-14(12)16-4/h6-8,11,13,15H,5,9H2,1-4H3. The molecule has 0 saturated carbocycles. The molecule has 3 heteroatoms. The molecule has 0 aliphatic carbocycles. The van der Waals surface area contributed by atoms with E-state index in [1.807, 2.05) is 39.0 Å². The van der Waals surface area contributed by atoms with Gasteiger partial charge in [-0.25, -0.2) is 0 Å². The summed E-state index contributed by atoms with van der Waals surface area (Å²) in [4.78, 5) is 0. The zero-order chi connectivity index (χ0) is 12.8. The van der Waals surface area contributed by atoms with E-state index >= 15 is 0 Å². The first-order chi connectivity index (χ1) is 8.08. The van der Waals surface area contributed by atoms with E-state index in [4.69, 9.17) is 9.47 Å². The Morgan fingerprint density at radius 1 is 1.35 bits per heavy atom. The Balaban J connectivity index is 2.76. The van der Waals surface area contributed by atoms with Gasteiger partial charge in [0.05, 0.1) is 19.3 Å². The number of benzene rings is 1. The summed E-state index contributed by atoms with van der Waals surface area (Å²) in [6, 6.07) is 5.98. The van der Waals surface area contributed by atoms with Gasteiger partial charge in [0.2, 0.25) is 0 Å². The number of aliphatic hydroxyl groups excluding tert-OH is 1. The van der Waals surface area contributed by atoms with Crippen molar-refractivity contribution >= 4 is 0 Å². The molecule has 0 saturated heterocycles. The first-order valence-corrected chi connectivity index (χ1v) is 6.01. The van der Waals surface area contributed by atoms with Crippen LogP contribution in [0.15, 0.2) is 18.2 Å². The van der Waals surface area contributed by atoms with Crippen LogP contribution >= 0.6 is 0 Å². The lowest BCUT2D eigenvalue weighted by Gasteiger charge is -2.20. The maximum absolute atomic E-state index is 10.0. The first kappa shape index (κ1) is 14.0. The summed E-state index contributed by atoms with van der Waals surface area (Å²) in [5.41, 5.74) is 2.18. The Bertz CT molecular complexity index is 349. The summed E-state index contributed by atoms with van der Waals surface area (Å²) in [6.07, 6.45) is -0.123. The maximum atomic E-state index is 10.0. The van der Waals surface area contributed by atoms with Crippen LogP contribution < -0.4 is 4.74 Å². The number of methoxy groups -OCH3 is 1. The molecule has 1 N–H and O–H groups in total. The minimum Gasteiger partial charge on any atom is -0.496 e. The van der Waals surface area contributed by atoms with Gasteiger partial charge in [-0.2, -0.15) is 0 Å². The fourth-order valence-electron chi connectivity index (χ4n) is 1.83. The van der Waals surface area contributed by atoms with Crippen molar-refractivity contribution < 1.29 is 14.6 Å². The number of aryl methyl sites for hydroxylation is 1. The van der Waals surface area contributed by atoms with Crippen molar-refractivity contribution in [3.05, 3.63) is 29.3 Å². The van der Waals surface area contributed by atoms with Gasteiger partial charge in [0.1, 0.15) is 5.75 Å². The molecule has 0 spiro atoms. The molecule has 0 amide bonds. The Kier molecular flexibility index (Phi) is 5.45. The van der Waals surface area contributed by atoms with Gasteiger partial charge in [-0.1, -0.05) is 17.7 Å². The van der Waals surface area contributed by atoms with Crippen LogP contribution in [0.25, 0.3) is 0 Å². The molecule has 0 radical (unpaired) electrons. The molecule has 3 nitrogen and oxygen atoms in total. The van der Waals surface area contributed by atoms with Crippen LogP contribution in [-0.2, 0) is 11.2 Å². The fourth-order valence-corrected chi connectivity index (χ4v) is 1.83. The highest BCUT2D eigenvalue weighted by atomic mass is 16.5. The SMILES string of the molecule is CCOC(C)C(O)Cc1cc(C)ccc1OC. The predicted molar refractivity (Wildman–Crippen MR) is 68.5 cm³/mol. The van der Waals surface area contributed by atoms with E-state index in [0.29, 0.717) is 13.0 Å². The molecule has 0 aliphatic rings. The average Bonchev–Trinajstić information content (AvgIpc) is 2.29. The van der Waals surface area contributed by atoms with Crippen molar-refractivity contribution in [2.24, 2.45) is 0 Å². The van der Waals surface area contributed by atoms with Crippen molar-refractivity contribution in [2.45, 2.75) is 39.4 Å². The van der Waals surface area contributed by atoms with Gasteiger partial charge < -0.3 is 14.6 Å². The summed E-state index contributed by atoms with van der Waals surface area (Å²) in [6.45, 7) is 6.46. The van der Waals surface area contributed by atoms with Crippen LogP contribution in [0.4, 0.5) is 0 Å². The third-order valence-electron chi connectivity index (χ3n) is 2.84. The van der Waals surface area contributed by atoms with Gasteiger partial charge in [-0.05, 0) is 32.4 Å². The van der Waals surface area contributed by atoms with E-state index in [9.17, 15) is 5.11 Å². The monoisotopic (exact) mass is 238 g/mol. The second-order valence-electron chi connectivity index (χ2n) is 4.25. The van der Waals surface area contributed by atoms with Crippen molar-refractivity contribution in [3.8, 4) is 5.75 Å². The van der Waals surface area contributed by atoms with Crippen molar-refractivity contribution in [1.29, 1.82) is 0 Å². The highest BCUT2D eigenvalue weighted by Crippen LogP contribution is 2.22. The molecule has 0 aliphatic heterocycles. The lowest BCUT2D eigenvalue weighted by Crippen LogP contribution is -2.28. The molecular weight excluding hydrogens is 216 g/mol. The number of ether oxygens (including phenoxy) is 2. The third kappa shape index (κ3) is 4.02. The van der Waals surface area contributed by atoms with E-state index in [-0.39, 0.29) is 6.10 Å². The van der Waals surface area contributed by atoms with Crippen molar-refractivity contribution in [1.82, 2.24) is 0 Å². The number of rotatable bonds is 6. The van der Waals surface area contributed by atoms with E-state index in [0.717, 1.165) is 16.9 Å². The first-order valence-electron chi connectivity index (χ1n) is 6.01. The van der Waals surface area contributed by atoms with Crippen LogP contribution in [0.1, 0.15) is 25.0 Å². The van der Waals surface area contributed by atoms with Crippen LogP contribution in [0, 0.1) is 6.92 Å². The maximum Gasteiger partial charge on any atom is 0.122 e. The second kappa shape index (κ2) is 6.62. The third-order valence-corrected chi connectivity index (χ3v) is 2.84. The highest BCUT2D eigenvalue weighted by Gasteiger charge is 2.16. The molecule has 0 heterocycles. The Hall–Kier alpha value is -1.06. The zero-order valence-corrected chi connectivity index (χ0v) is 11.1. The molecule has 96 valence electrons. The summed E-state index contributed by atoms with van der Waals surface area (Å²) in [7, 11) is 1.65. The van der Waals surface area contributed by atoms with Crippen molar-refractivity contribution in [3.63, 3.8) is 0 Å². The zero-order valence-electron chi connectivity index (χ0n) is 11.1. The summed E-state index contributed by atoms with van der Waals surface area (Å²) < 4.78 is 10.7. The highest BCUT2D eigenvalue weighted by molar-refractivity contribution is 5.37. The van der Waals surface area contributed by atoms with Crippen LogP contribution in [0.3, 0.4) is 0 Å². The van der Waals surface area contributed by atoms with Crippen LogP contribution in [-0.4, -0.2) is 31.0 Å². The topological polar surface area (TPSA) is 38.7 Å². The lowest BCUT2D eigenvalue weighted by atomic mass is 10.0. The van der Waals surface area contributed by atoms with E-state index in [1.165, 1.54) is 0 Å². The molecule has 0 fully saturated rings. The Morgan fingerprint density at radius 3 is 2.65 bits per heavy atom. The minimum absolute atomic E-state index is 0.162. The van der Waals surface area contributed by atoms with Gasteiger partial charge >= 0.3 is 0 Å². The van der Waals surface area contributed by atoms with Crippen LogP contribution in [0.2, 0.25) is 0 Å². The largest absolute Gasteiger partial charge is 0.496 e. The van der Waals surface area contributed by atoms with E-state index in [2.05, 4.69) is 0 Å². The molecule has 17 heavy (non-hydrogen) atoms. The molecule has 1 aromatic rings. The normalized spacial score (nSPS) is 14.4. The summed E-state index contributed by atoms with van der Waals surface area (Å²) in [5.74, 6) is 0.818. The number of aliphatic hydroxyl groups is 1. The van der Waals surface area contributed by atoms with Gasteiger partial charge in [-0.3, -0.25) is 0 Å². The second-order valence-corrected chi connectivity index (χ2v) is 4.25. The molecule has 1 aromatic carbocycles. The lowest BCUT2D eigenvalue weighted by molar-refractivity contribution is -0.0209. The minimum atomic E-state index is -0.509. The smallest absolute Gasteiger partial charge is 0.122 e. The quantitative estimate of drug-likeness (QED) is 0.826. The molecule has 2 atom stereocenters. The Labute approximate surface area is 103 Å². The van der Waals surface area contributed by atoms with Gasteiger partial charge in [0.15, 0.2) is 0 Å². The average molecular weight is 238 g/mol. The van der Waals surface area contributed by atoms with E-state index < -0.39 is 6.10 Å². The fraction of sp³-hybridized carbons (Fsp3) is 0.571. The number of hydrogen-bond donors (Lipinski definition) is 1. The van der Waals surface area contributed by atoms with Gasteiger partial charge in [0, 0.05) is 13.0 Å². The molecule has 0 aromatic heterocycles. The van der Waals surface area contributed by atoms with Crippen molar-refractivity contribution in [2.75, 3.05) is 13.7 Å². The molecule has 0 bridgehead atoms. The Morgan fingerprint density at radius 2 is 2.06 bits per heavy atom. The van der Waals surface area contributed by atoms with Gasteiger partial charge in [-0.15, -0.1) is 0 Å².